The molecule has 0 bridgehead atoms. The zero-order chi connectivity index (χ0) is 20.2. The Bertz CT molecular complexity index is 816. The zero-order valence-corrected chi connectivity index (χ0v) is 17.5. The molecule has 1 aliphatic rings. The third-order valence-electron chi connectivity index (χ3n) is 5.17. The lowest BCUT2D eigenvalue weighted by Gasteiger charge is -2.22. The van der Waals surface area contributed by atoms with Crippen molar-refractivity contribution >= 4 is 15.7 Å². The first-order valence-electron chi connectivity index (χ1n) is 9.46. The third-order valence-corrected chi connectivity index (χ3v) is 6.89. The fourth-order valence-corrected chi connectivity index (χ4v) is 5.18. The molecule has 152 valence electrons. The van der Waals surface area contributed by atoms with Gasteiger partial charge in [-0.15, -0.1) is 0 Å². The van der Waals surface area contributed by atoms with Crippen molar-refractivity contribution < 1.29 is 13.2 Å². The van der Waals surface area contributed by atoms with Crippen LogP contribution >= 0.6 is 0 Å². The molecule has 0 aromatic carbocycles. The molecule has 1 aliphatic heterocycles. The Hall–Kier alpha value is -1.67. The quantitative estimate of drug-likeness (QED) is 0.747. The summed E-state index contributed by atoms with van der Waals surface area (Å²) < 4.78 is 24.6. The molecule has 0 spiro atoms. The second-order valence-corrected chi connectivity index (χ2v) is 10.1. The van der Waals surface area contributed by atoms with Gasteiger partial charge in [0, 0.05) is 25.3 Å². The maximum Gasteiger partial charge on any atom is 0.263 e. The largest absolute Gasteiger partial charge is 0.352 e. The van der Waals surface area contributed by atoms with Gasteiger partial charge in [0.2, 0.25) is 0 Å². The smallest absolute Gasteiger partial charge is 0.263 e. The first-order chi connectivity index (χ1) is 12.6. The third kappa shape index (κ3) is 5.90. The van der Waals surface area contributed by atoms with Crippen molar-refractivity contribution in [2.45, 2.75) is 39.2 Å². The highest BCUT2D eigenvalue weighted by molar-refractivity contribution is 7.91. The second-order valence-electron chi connectivity index (χ2n) is 7.84. The Balaban J connectivity index is 2.00. The van der Waals surface area contributed by atoms with E-state index in [-0.39, 0.29) is 34.6 Å². The molecule has 2 rings (SSSR count). The van der Waals surface area contributed by atoms with Crippen molar-refractivity contribution in [1.82, 2.24) is 14.8 Å². The number of carbonyl (C=O) groups excluding carboxylic acids is 1. The van der Waals surface area contributed by atoms with E-state index in [1.807, 2.05) is 25.9 Å². The Morgan fingerprint density at radius 1 is 1.33 bits per heavy atom. The number of rotatable bonds is 7. The van der Waals surface area contributed by atoms with E-state index >= 15 is 0 Å². The summed E-state index contributed by atoms with van der Waals surface area (Å²) in [6, 6.07) is 1.76. The van der Waals surface area contributed by atoms with Gasteiger partial charge < -0.3 is 14.8 Å². The molecule has 1 N–H and O–H groups in total. The van der Waals surface area contributed by atoms with Gasteiger partial charge in [0.1, 0.15) is 15.4 Å². The Labute approximate surface area is 161 Å². The summed E-state index contributed by atoms with van der Waals surface area (Å²) in [7, 11) is 1.02. The average Bonchev–Trinajstić information content (AvgIpc) is 2.55. The normalized spacial score (nSPS) is 18.4. The van der Waals surface area contributed by atoms with E-state index in [0.29, 0.717) is 37.4 Å². The molecule has 1 amide bonds. The number of sulfone groups is 1. The van der Waals surface area contributed by atoms with Crippen molar-refractivity contribution in [3.63, 3.8) is 0 Å². The lowest BCUT2D eigenvalue weighted by atomic mass is 9.99. The number of nitrogens with zero attached hydrogens (tertiary/aromatic N) is 2. The van der Waals surface area contributed by atoms with E-state index in [1.165, 1.54) is 0 Å². The number of aryl methyl sites for hydroxylation is 1. The first kappa shape index (κ1) is 21.6. The van der Waals surface area contributed by atoms with Gasteiger partial charge in [0.25, 0.3) is 11.5 Å². The number of aromatic nitrogens is 1. The van der Waals surface area contributed by atoms with Gasteiger partial charge in [-0.1, -0.05) is 0 Å². The SMILES string of the molecule is Cc1ccn(C(C)CN(C)C)c(=O)c1C(=O)NCCC1CCS(=O)(=O)CC1. The number of hydrogen-bond donors (Lipinski definition) is 1. The summed E-state index contributed by atoms with van der Waals surface area (Å²) in [4.78, 5) is 27.4. The van der Waals surface area contributed by atoms with Crippen LogP contribution in [0.5, 0.6) is 0 Å². The van der Waals surface area contributed by atoms with Crippen LogP contribution in [0.25, 0.3) is 0 Å². The van der Waals surface area contributed by atoms with Crippen LogP contribution in [0.4, 0.5) is 0 Å². The summed E-state index contributed by atoms with van der Waals surface area (Å²) in [5, 5.41) is 2.84. The molecule has 0 radical (unpaired) electrons. The van der Waals surface area contributed by atoms with E-state index in [0.717, 1.165) is 6.42 Å². The Morgan fingerprint density at radius 3 is 2.56 bits per heavy atom. The minimum Gasteiger partial charge on any atom is -0.352 e. The second kappa shape index (κ2) is 9.01. The number of amides is 1. The molecule has 1 fully saturated rings. The summed E-state index contributed by atoms with van der Waals surface area (Å²) in [5.74, 6) is 0.422. The Morgan fingerprint density at radius 2 is 1.96 bits per heavy atom. The van der Waals surface area contributed by atoms with Crippen molar-refractivity contribution in [3.8, 4) is 0 Å². The maximum absolute atomic E-state index is 12.8. The van der Waals surface area contributed by atoms with Crippen molar-refractivity contribution in [3.05, 3.63) is 33.7 Å². The van der Waals surface area contributed by atoms with Gasteiger partial charge in [-0.3, -0.25) is 9.59 Å². The predicted octanol–water partition coefficient (Wildman–Crippen LogP) is 1.22. The minimum atomic E-state index is -2.87. The molecule has 1 aromatic heterocycles. The summed E-state index contributed by atoms with van der Waals surface area (Å²) in [5.41, 5.74) is 0.578. The topological polar surface area (TPSA) is 88.5 Å². The number of likely N-dealkylation sites (N-methyl/N-ethyl adjacent to an activating group) is 1. The van der Waals surface area contributed by atoms with Crippen molar-refractivity contribution in [2.75, 3.05) is 38.7 Å². The Kier molecular flexibility index (Phi) is 7.22. The molecular formula is C19H31N3O4S. The molecule has 1 unspecified atom stereocenters. The van der Waals surface area contributed by atoms with E-state index < -0.39 is 9.84 Å². The average molecular weight is 398 g/mol. The molecule has 8 heteroatoms. The molecule has 2 heterocycles. The van der Waals surface area contributed by atoms with Crippen LogP contribution in [0.15, 0.2) is 17.1 Å². The van der Waals surface area contributed by atoms with Gasteiger partial charge in [0.05, 0.1) is 11.5 Å². The van der Waals surface area contributed by atoms with Gasteiger partial charge in [-0.05, 0) is 64.8 Å². The fourth-order valence-electron chi connectivity index (χ4n) is 3.59. The lowest BCUT2D eigenvalue weighted by molar-refractivity contribution is 0.0948. The van der Waals surface area contributed by atoms with E-state index in [4.69, 9.17) is 0 Å². The van der Waals surface area contributed by atoms with Crippen LogP contribution in [-0.4, -0.2) is 62.5 Å². The number of hydrogen-bond acceptors (Lipinski definition) is 5. The molecular weight excluding hydrogens is 366 g/mol. The maximum atomic E-state index is 12.8. The monoisotopic (exact) mass is 397 g/mol. The number of pyridine rings is 1. The molecule has 0 saturated carbocycles. The van der Waals surface area contributed by atoms with E-state index in [9.17, 15) is 18.0 Å². The van der Waals surface area contributed by atoms with Gasteiger partial charge in [-0.25, -0.2) is 8.42 Å². The predicted molar refractivity (Wildman–Crippen MR) is 107 cm³/mol. The first-order valence-corrected chi connectivity index (χ1v) is 11.3. The lowest BCUT2D eigenvalue weighted by Crippen LogP contribution is -2.37. The molecule has 7 nitrogen and oxygen atoms in total. The standard InChI is InChI=1S/C19H31N3O4S/c1-14-6-10-22(15(2)13-21(3)4)19(24)17(14)18(23)20-9-5-16-7-11-27(25,26)12-8-16/h6,10,15-16H,5,7-9,11-13H2,1-4H3,(H,20,23). The molecule has 1 aromatic rings. The van der Waals surface area contributed by atoms with Crippen LogP contribution < -0.4 is 10.9 Å². The summed E-state index contributed by atoms with van der Waals surface area (Å²) in [6.45, 7) is 4.87. The van der Waals surface area contributed by atoms with Crippen LogP contribution in [0.3, 0.4) is 0 Å². The number of nitrogens with one attached hydrogen (secondary N) is 1. The minimum absolute atomic E-state index is 0.0381. The molecule has 27 heavy (non-hydrogen) atoms. The van der Waals surface area contributed by atoms with Gasteiger partial charge >= 0.3 is 0 Å². The van der Waals surface area contributed by atoms with Crippen molar-refractivity contribution in [2.24, 2.45) is 5.92 Å². The summed E-state index contributed by atoms with van der Waals surface area (Å²) in [6.07, 6.45) is 3.78. The number of carbonyl (C=O) groups is 1. The fraction of sp³-hybridized carbons (Fsp3) is 0.684. The van der Waals surface area contributed by atoms with Crippen molar-refractivity contribution in [1.29, 1.82) is 0 Å². The van der Waals surface area contributed by atoms with Gasteiger partial charge in [-0.2, -0.15) is 0 Å². The van der Waals surface area contributed by atoms with Crippen LogP contribution in [0.2, 0.25) is 0 Å². The highest BCUT2D eigenvalue weighted by Gasteiger charge is 2.24. The molecule has 1 saturated heterocycles. The zero-order valence-electron chi connectivity index (χ0n) is 16.7. The van der Waals surface area contributed by atoms with E-state index in [1.54, 1.807) is 23.8 Å². The van der Waals surface area contributed by atoms with Crippen LogP contribution in [0, 0.1) is 12.8 Å². The molecule has 0 aliphatic carbocycles. The van der Waals surface area contributed by atoms with Gasteiger partial charge in [0.15, 0.2) is 0 Å². The summed E-state index contributed by atoms with van der Waals surface area (Å²) >= 11 is 0. The van der Waals surface area contributed by atoms with Crippen LogP contribution in [0.1, 0.15) is 48.1 Å². The highest BCUT2D eigenvalue weighted by Crippen LogP contribution is 2.21. The van der Waals surface area contributed by atoms with Crippen LogP contribution in [-0.2, 0) is 9.84 Å². The van der Waals surface area contributed by atoms with E-state index in [2.05, 4.69) is 5.32 Å². The highest BCUT2D eigenvalue weighted by atomic mass is 32.2. The molecule has 1 atom stereocenters.